The van der Waals surface area contributed by atoms with E-state index in [0.29, 0.717) is 30.3 Å². The van der Waals surface area contributed by atoms with Crippen LogP contribution in [0.15, 0.2) is 66.0 Å². The minimum absolute atomic E-state index is 0.123. The van der Waals surface area contributed by atoms with Gasteiger partial charge in [-0.3, -0.25) is 4.98 Å². The molecule has 1 fully saturated rings. The van der Waals surface area contributed by atoms with Gasteiger partial charge in [0, 0.05) is 18.9 Å². The zero-order valence-corrected chi connectivity index (χ0v) is 16.4. The average Bonchev–Trinajstić information content (AvgIpc) is 3.20. The lowest BCUT2D eigenvalue weighted by molar-refractivity contribution is 0.391. The van der Waals surface area contributed by atoms with Crippen LogP contribution in [0.5, 0.6) is 0 Å². The van der Waals surface area contributed by atoms with Gasteiger partial charge < -0.3 is 5.32 Å². The predicted molar refractivity (Wildman–Crippen MR) is 107 cm³/mol. The van der Waals surface area contributed by atoms with E-state index in [0.717, 1.165) is 6.42 Å². The van der Waals surface area contributed by atoms with Gasteiger partial charge in [-0.2, -0.15) is 4.31 Å². The first-order chi connectivity index (χ1) is 13.6. The highest BCUT2D eigenvalue weighted by atomic mass is 35.5. The van der Waals surface area contributed by atoms with Crippen molar-refractivity contribution in [3.63, 3.8) is 0 Å². The summed E-state index contributed by atoms with van der Waals surface area (Å²) in [5.41, 5.74) is 0.682. The number of hydrogen-bond acceptors (Lipinski definition) is 6. The van der Waals surface area contributed by atoms with Gasteiger partial charge >= 0.3 is 0 Å². The summed E-state index contributed by atoms with van der Waals surface area (Å²) in [6.45, 7) is 0.432. The third-order valence-corrected chi connectivity index (χ3v) is 6.97. The molecule has 1 saturated heterocycles. The minimum Gasteiger partial charge on any atom is -0.324 e. The normalized spacial score (nSPS) is 17.5. The molecule has 4 rings (SSSR count). The molecule has 0 aliphatic carbocycles. The number of anilines is 2. The van der Waals surface area contributed by atoms with Crippen molar-refractivity contribution in [3.8, 4) is 0 Å². The van der Waals surface area contributed by atoms with Crippen LogP contribution >= 0.6 is 11.6 Å². The Morgan fingerprint density at radius 2 is 1.93 bits per heavy atom. The molecular weight excluding hydrogens is 398 g/mol. The van der Waals surface area contributed by atoms with Crippen molar-refractivity contribution in [2.45, 2.75) is 23.8 Å². The van der Waals surface area contributed by atoms with Gasteiger partial charge in [0.15, 0.2) is 0 Å². The van der Waals surface area contributed by atoms with E-state index in [1.165, 1.54) is 10.4 Å². The van der Waals surface area contributed by atoms with E-state index in [1.54, 1.807) is 42.9 Å². The average molecular weight is 416 g/mol. The second-order valence-corrected chi connectivity index (χ2v) is 8.63. The molecule has 3 heterocycles. The lowest BCUT2D eigenvalue weighted by Gasteiger charge is -2.24. The Morgan fingerprint density at radius 1 is 1.07 bits per heavy atom. The summed E-state index contributed by atoms with van der Waals surface area (Å²) in [5.74, 6) is 1.15. The van der Waals surface area contributed by atoms with Crippen LogP contribution in [0.25, 0.3) is 0 Å². The molecule has 1 unspecified atom stereocenters. The number of halogens is 1. The standard InChI is InChI=1S/C19H18ClN5O2S/c20-14-5-1-2-8-17(14)28(26,27)25-12-4-7-16(25)15-6-3-9-18(23-15)24-19-13-21-10-11-22-19/h1-3,5-6,8-11,13,16H,4,7,12H2,(H,22,23,24). The summed E-state index contributed by atoms with van der Waals surface area (Å²) in [7, 11) is -3.72. The van der Waals surface area contributed by atoms with Crippen molar-refractivity contribution >= 4 is 33.3 Å². The van der Waals surface area contributed by atoms with Gasteiger partial charge in [-0.05, 0) is 37.1 Å². The van der Waals surface area contributed by atoms with E-state index in [4.69, 9.17) is 11.6 Å². The quantitative estimate of drug-likeness (QED) is 0.682. The molecule has 1 N–H and O–H groups in total. The van der Waals surface area contributed by atoms with E-state index in [9.17, 15) is 8.42 Å². The molecule has 0 saturated carbocycles. The van der Waals surface area contributed by atoms with Crippen LogP contribution in [0.2, 0.25) is 5.02 Å². The number of nitrogens with one attached hydrogen (secondary N) is 1. The Hall–Kier alpha value is -2.55. The van der Waals surface area contributed by atoms with Gasteiger partial charge in [-0.15, -0.1) is 0 Å². The van der Waals surface area contributed by atoms with E-state index in [1.807, 2.05) is 12.1 Å². The summed E-state index contributed by atoms with van der Waals surface area (Å²) >= 11 is 6.15. The summed E-state index contributed by atoms with van der Waals surface area (Å²) in [6, 6.07) is 11.7. The SMILES string of the molecule is O=S(=O)(c1ccccc1Cl)N1CCCC1c1cccc(Nc2cnccn2)n1. The lowest BCUT2D eigenvalue weighted by atomic mass is 10.1. The third kappa shape index (κ3) is 3.71. The molecule has 28 heavy (non-hydrogen) atoms. The number of pyridine rings is 1. The van der Waals surface area contributed by atoms with Crippen molar-refractivity contribution in [1.29, 1.82) is 0 Å². The number of sulfonamides is 1. The highest BCUT2D eigenvalue weighted by Gasteiger charge is 2.37. The number of rotatable bonds is 5. The Labute approximate surface area is 168 Å². The Balaban J connectivity index is 1.64. The maximum absolute atomic E-state index is 13.2. The van der Waals surface area contributed by atoms with Crippen LogP contribution in [-0.4, -0.2) is 34.2 Å². The zero-order valence-electron chi connectivity index (χ0n) is 14.9. The molecule has 1 aliphatic rings. The summed E-state index contributed by atoms with van der Waals surface area (Å²) in [5, 5.41) is 3.31. The fraction of sp³-hybridized carbons (Fsp3) is 0.211. The van der Waals surface area contributed by atoms with Gasteiger partial charge in [0.1, 0.15) is 16.5 Å². The second kappa shape index (κ2) is 7.83. The van der Waals surface area contributed by atoms with Crippen LogP contribution in [0.4, 0.5) is 11.6 Å². The van der Waals surface area contributed by atoms with Gasteiger partial charge in [-0.1, -0.05) is 29.8 Å². The first kappa shape index (κ1) is 18.8. The molecule has 2 aromatic heterocycles. The topological polar surface area (TPSA) is 88.1 Å². The molecule has 0 spiro atoms. The van der Waals surface area contributed by atoms with Gasteiger partial charge in [0.05, 0.1) is 23.0 Å². The van der Waals surface area contributed by atoms with Crippen molar-refractivity contribution in [1.82, 2.24) is 19.3 Å². The van der Waals surface area contributed by atoms with E-state index >= 15 is 0 Å². The molecule has 0 radical (unpaired) electrons. The molecule has 9 heteroatoms. The van der Waals surface area contributed by atoms with Crippen molar-refractivity contribution in [2.75, 3.05) is 11.9 Å². The number of hydrogen-bond donors (Lipinski definition) is 1. The monoisotopic (exact) mass is 415 g/mol. The highest BCUT2D eigenvalue weighted by Crippen LogP contribution is 2.37. The first-order valence-corrected chi connectivity index (χ1v) is 10.6. The van der Waals surface area contributed by atoms with Gasteiger partial charge in [-0.25, -0.2) is 18.4 Å². The fourth-order valence-electron chi connectivity index (χ4n) is 3.31. The Morgan fingerprint density at radius 3 is 2.71 bits per heavy atom. The first-order valence-electron chi connectivity index (χ1n) is 8.82. The minimum atomic E-state index is -3.72. The van der Waals surface area contributed by atoms with Crippen LogP contribution in [0, 0.1) is 0 Å². The fourth-order valence-corrected chi connectivity index (χ4v) is 5.47. The Kier molecular flexibility index (Phi) is 5.25. The smallest absolute Gasteiger partial charge is 0.245 e. The maximum Gasteiger partial charge on any atom is 0.245 e. The van der Waals surface area contributed by atoms with E-state index in [-0.39, 0.29) is 16.0 Å². The number of aromatic nitrogens is 3. The molecule has 7 nitrogen and oxygen atoms in total. The molecule has 0 bridgehead atoms. The molecule has 1 atom stereocenters. The second-order valence-electron chi connectivity index (χ2n) is 6.37. The van der Waals surface area contributed by atoms with Crippen molar-refractivity contribution < 1.29 is 8.42 Å². The van der Waals surface area contributed by atoms with Crippen LogP contribution in [0.1, 0.15) is 24.6 Å². The van der Waals surface area contributed by atoms with Crippen LogP contribution in [-0.2, 0) is 10.0 Å². The molecule has 1 aromatic carbocycles. The van der Waals surface area contributed by atoms with Crippen LogP contribution < -0.4 is 5.32 Å². The van der Waals surface area contributed by atoms with Gasteiger partial charge in [0.25, 0.3) is 0 Å². The lowest BCUT2D eigenvalue weighted by Crippen LogP contribution is -2.31. The summed E-state index contributed by atoms with van der Waals surface area (Å²) < 4.78 is 27.9. The largest absolute Gasteiger partial charge is 0.324 e. The van der Waals surface area contributed by atoms with Crippen LogP contribution in [0.3, 0.4) is 0 Å². The summed E-state index contributed by atoms with van der Waals surface area (Å²) in [4.78, 5) is 12.9. The number of benzene rings is 1. The summed E-state index contributed by atoms with van der Waals surface area (Å²) in [6.07, 6.45) is 6.23. The number of nitrogens with zero attached hydrogens (tertiary/aromatic N) is 4. The van der Waals surface area contributed by atoms with E-state index in [2.05, 4.69) is 20.3 Å². The van der Waals surface area contributed by atoms with Crippen molar-refractivity contribution in [2.24, 2.45) is 0 Å². The Bertz CT molecular complexity index is 1080. The highest BCUT2D eigenvalue weighted by molar-refractivity contribution is 7.89. The third-order valence-electron chi connectivity index (χ3n) is 4.56. The zero-order chi connectivity index (χ0) is 19.6. The molecule has 0 amide bonds. The van der Waals surface area contributed by atoms with Crippen molar-refractivity contribution in [3.05, 3.63) is 71.8 Å². The maximum atomic E-state index is 13.2. The molecule has 3 aromatic rings. The van der Waals surface area contributed by atoms with Gasteiger partial charge in [0.2, 0.25) is 10.0 Å². The predicted octanol–water partition coefficient (Wildman–Crippen LogP) is 3.79. The molecule has 144 valence electrons. The molecular formula is C19H18ClN5O2S. The molecule has 1 aliphatic heterocycles. The van der Waals surface area contributed by atoms with E-state index < -0.39 is 10.0 Å².